The highest BCUT2D eigenvalue weighted by Crippen LogP contribution is 2.20. The number of fused-ring (bicyclic) bond motifs is 1. The Morgan fingerprint density at radius 2 is 1.96 bits per heavy atom. The highest BCUT2D eigenvalue weighted by molar-refractivity contribution is 6.30. The monoisotopic (exact) mass is 342 g/mol. The van der Waals surface area contributed by atoms with Crippen LogP contribution in [0.2, 0.25) is 5.02 Å². The summed E-state index contributed by atoms with van der Waals surface area (Å²) >= 11 is 5.95. The number of benzene rings is 1. The number of likely N-dealkylation sites (N-methyl/N-ethyl adjacent to an activating group) is 1. The third-order valence-electron chi connectivity index (χ3n) is 3.99. The molecule has 24 heavy (non-hydrogen) atoms. The second-order valence-electron chi connectivity index (χ2n) is 5.82. The summed E-state index contributed by atoms with van der Waals surface area (Å²) in [5.74, 6) is -0.144. The fourth-order valence-electron chi connectivity index (χ4n) is 2.68. The Bertz CT molecular complexity index is 842. The van der Waals surface area contributed by atoms with Gasteiger partial charge in [0.05, 0.1) is 11.6 Å². The van der Waals surface area contributed by atoms with Crippen LogP contribution in [0.1, 0.15) is 22.1 Å². The highest BCUT2D eigenvalue weighted by Gasteiger charge is 2.17. The number of aromatic nitrogens is 2. The third-order valence-corrected chi connectivity index (χ3v) is 4.24. The van der Waals surface area contributed by atoms with E-state index in [-0.39, 0.29) is 11.9 Å². The zero-order valence-corrected chi connectivity index (χ0v) is 14.4. The van der Waals surface area contributed by atoms with Crippen LogP contribution in [0, 0.1) is 0 Å². The molecule has 3 aromatic rings. The van der Waals surface area contributed by atoms with E-state index in [0.29, 0.717) is 17.3 Å². The van der Waals surface area contributed by atoms with Gasteiger partial charge >= 0.3 is 0 Å². The second-order valence-corrected chi connectivity index (χ2v) is 6.26. The Kier molecular flexibility index (Phi) is 4.83. The van der Waals surface area contributed by atoms with Gasteiger partial charge in [0.2, 0.25) is 0 Å². The maximum atomic E-state index is 12.5. The van der Waals surface area contributed by atoms with Crippen molar-refractivity contribution in [2.24, 2.45) is 0 Å². The Morgan fingerprint density at radius 1 is 1.21 bits per heavy atom. The summed E-state index contributed by atoms with van der Waals surface area (Å²) < 4.78 is 1.64. The van der Waals surface area contributed by atoms with Crippen LogP contribution in [0.4, 0.5) is 0 Å². The number of hydrogen-bond acceptors (Lipinski definition) is 3. The molecule has 1 N–H and O–H groups in total. The Hall–Kier alpha value is -2.37. The molecule has 2 heterocycles. The summed E-state index contributed by atoms with van der Waals surface area (Å²) in [5.41, 5.74) is 2.52. The van der Waals surface area contributed by atoms with Gasteiger partial charge in [-0.05, 0) is 56.1 Å². The zero-order valence-electron chi connectivity index (χ0n) is 13.6. The van der Waals surface area contributed by atoms with Crippen LogP contribution < -0.4 is 5.32 Å². The molecule has 0 spiro atoms. The summed E-state index contributed by atoms with van der Waals surface area (Å²) in [7, 11) is 3.97. The molecule has 0 aliphatic carbocycles. The summed E-state index contributed by atoms with van der Waals surface area (Å²) in [6.07, 6.45) is 1.67. The van der Waals surface area contributed by atoms with Crippen molar-refractivity contribution in [3.63, 3.8) is 0 Å². The molecule has 1 unspecified atom stereocenters. The lowest BCUT2D eigenvalue weighted by Crippen LogP contribution is -2.35. The molecule has 0 aliphatic heterocycles. The molecule has 3 rings (SSSR count). The summed E-state index contributed by atoms with van der Waals surface area (Å²) in [6.45, 7) is 0.494. The lowest BCUT2D eigenvalue weighted by atomic mass is 10.1. The minimum Gasteiger partial charge on any atom is -0.349 e. The van der Waals surface area contributed by atoms with E-state index in [1.807, 2.05) is 56.6 Å². The fraction of sp³-hybridized carbons (Fsp3) is 0.222. The molecule has 5 nitrogen and oxygen atoms in total. The first kappa shape index (κ1) is 16.5. The first-order valence-corrected chi connectivity index (χ1v) is 8.07. The highest BCUT2D eigenvalue weighted by atomic mass is 35.5. The standard InChI is InChI=1S/C18H19ClN4O/c1-22(2)17(13-5-7-14(19)8-6-13)12-20-18(24)16-10-9-15-4-3-11-21-23(15)16/h3-11,17H,12H2,1-2H3,(H,20,24). The Labute approximate surface area is 145 Å². The van der Waals surface area contributed by atoms with Crippen molar-refractivity contribution in [1.82, 2.24) is 19.8 Å². The number of amides is 1. The van der Waals surface area contributed by atoms with E-state index in [9.17, 15) is 4.79 Å². The minimum absolute atomic E-state index is 0.0606. The number of hydrogen-bond donors (Lipinski definition) is 1. The largest absolute Gasteiger partial charge is 0.349 e. The lowest BCUT2D eigenvalue weighted by molar-refractivity contribution is 0.0935. The van der Waals surface area contributed by atoms with E-state index in [1.165, 1.54) is 0 Å². The van der Waals surface area contributed by atoms with Gasteiger partial charge in [-0.25, -0.2) is 4.52 Å². The molecule has 1 amide bonds. The van der Waals surface area contributed by atoms with Crippen molar-refractivity contribution in [3.05, 3.63) is 71.0 Å². The predicted octanol–water partition coefficient (Wildman–Crippen LogP) is 3.02. The van der Waals surface area contributed by atoms with Gasteiger partial charge < -0.3 is 10.2 Å². The molecule has 1 aromatic carbocycles. The van der Waals surface area contributed by atoms with Crippen molar-refractivity contribution < 1.29 is 4.79 Å². The summed E-state index contributed by atoms with van der Waals surface area (Å²) in [5, 5.41) is 7.92. The van der Waals surface area contributed by atoms with Crippen LogP contribution >= 0.6 is 11.6 Å². The second kappa shape index (κ2) is 7.03. The average molecular weight is 343 g/mol. The van der Waals surface area contributed by atoms with Crippen LogP contribution in [0.15, 0.2) is 54.7 Å². The smallest absolute Gasteiger partial charge is 0.270 e. The average Bonchev–Trinajstić information content (AvgIpc) is 3.00. The van der Waals surface area contributed by atoms with E-state index in [2.05, 4.69) is 15.3 Å². The molecule has 124 valence electrons. The van der Waals surface area contributed by atoms with Crippen LogP contribution in [-0.4, -0.2) is 41.1 Å². The topological polar surface area (TPSA) is 49.6 Å². The van der Waals surface area contributed by atoms with E-state index in [1.54, 1.807) is 16.8 Å². The zero-order chi connectivity index (χ0) is 17.1. The molecule has 6 heteroatoms. The Morgan fingerprint density at radius 3 is 2.67 bits per heavy atom. The third kappa shape index (κ3) is 3.42. The van der Waals surface area contributed by atoms with Gasteiger partial charge in [0, 0.05) is 17.8 Å². The van der Waals surface area contributed by atoms with Crippen molar-refractivity contribution in [3.8, 4) is 0 Å². The van der Waals surface area contributed by atoms with E-state index in [0.717, 1.165) is 11.1 Å². The Balaban J connectivity index is 1.75. The SMILES string of the molecule is CN(C)C(CNC(=O)c1ccc2cccnn12)c1ccc(Cl)cc1. The maximum Gasteiger partial charge on any atom is 0.270 e. The van der Waals surface area contributed by atoms with E-state index in [4.69, 9.17) is 11.6 Å². The van der Waals surface area contributed by atoms with Crippen LogP contribution in [0.25, 0.3) is 5.52 Å². The molecule has 1 atom stereocenters. The van der Waals surface area contributed by atoms with Gasteiger partial charge in [-0.2, -0.15) is 5.10 Å². The molecule has 0 aliphatic rings. The molecular formula is C18H19ClN4O. The summed E-state index contributed by atoms with van der Waals surface area (Å²) in [6, 6.07) is 15.2. The molecule has 0 fully saturated rings. The molecular weight excluding hydrogens is 324 g/mol. The van der Waals surface area contributed by atoms with Gasteiger partial charge in [0.1, 0.15) is 5.69 Å². The number of carbonyl (C=O) groups is 1. The quantitative estimate of drug-likeness (QED) is 0.775. The van der Waals surface area contributed by atoms with Gasteiger partial charge in [0.15, 0.2) is 0 Å². The predicted molar refractivity (Wildman–Crippen MR) is 95.4 cm³/mol. The van der Waals surface area contributed by atoms with Gasteiger partial charge in [-0.1, -0.05) is 23.7 Å². The number of carbonyl (C=O) groups excluding carboxylic acids is 1. The molecule has 0 radical (unpaired) electrons. The fourth-order valence-corrected chi connectivity index (χ4v) is 2.81. The lowest BCUT2D eigenvalue weighted by Gasteiger charge is -2.25. The first-order chi connectivity index (χ1) is 11.6. The van der Waals surface area contributed by atoms with Crippen LogP contribution in [0.3, 0.4) is 0 Å². The normalized spacial score (nSPS) is 12.5. The molecule has 0 saturated heterocycles. The van der Waals surface area contributed by atoms with Crippen molar-refractivity contribution in [1.29, 1.82) is 0 Å². The molecule has 0 bridgehead atoms. The van der Waals surface area contributed by atoms with E-state index < -0.39 is 0 Å². The van der Waals surface area contributed by atoms with Crippen molar-refractivity contribution in [2.75, 3.05) is 20.6 Å². The van der Waals surface area contributed by atoms with E-state index >= 15 is 0 Å². The van der Waals surface area contributed by atoms with Gasteiger partial charge in [-0.3, -0.25) is 4.79 Å². The van der Waals surface area contributed by atoms with Gasteiger partial charge in [0.25, 0.3) is 5.91 Å². The number of nitrogens with one attached hydrogen (secondary N) is 1. The van der Waals surface area contributed by atoms with Crippen molar-refractivity contribution in [2.45, 2.75) is 6.04 Å². The minimum atomic E-state index is -0.144. The number of halogens is 1. The number of nitrogens with zero attached hydrogens (tertiary/aromatic N) is 3. The number of rotatable bonds is 5. The summed E-state index contributed by atoms with van der Waals surface area (Å²) in [4.78, 5) is 14.6. The maximum absolute atomic E-state index is 12.5. The van der Waals surface area contributed by atoms with Crippen LogP contribution in [0.5, 0.6) is 0 Å². The van der Waals surface area contributed by atoms with Crippen LogP contribution in [-0.2, 0) is 0 Å². The van der Waals surface area contributed by atoms with Gasteiger partial charge in [-0.15, -0.1) is 0 Å². The molecule has 2 aromatic heterocycles. The first-order valence-electron chi connectivity index (χ1n) is 7.69. The molecule has 0 saturated carbocycles. The van der Waals surface area contributed by atoms with Crippen molar-refractivity contribution >= 4 is 23.0 Å².